The maximum atomic E-state index is 13.5. The summed E-state index contributed by atoms with van der Waals surface area (Å²) in [6.45, 7) is 3.43. The molecule has 1 amide bonds. The molecule has 13 heteroatoms. The van der Waals surface area contributed by atoms with E-state index in [-0.39, 0.29) is 24.2 Å². The number of hydrogen-bond donors (Lipinski definition) is 2. The van der Waals surface area contributed by atoms with Crippen LogP contribution in [0.4, 0.5) is 35.5 Å². The van der Waals surface area contributed by atoms with Crippen molar-refractivity contribution in [1.82, 2.24) is 24.8 Å². The smallest absolute Gasteiger partial charge is 0.421 e. The van der Waals surface area contributed by atoms with Gasteiger partial charge >= 0.3 is 12.3 Å². The molecule has 2 saturated heterocycles. The lowest BCUT2D eigenvalue weighted by molar-refractivity contribution is -0.137. The van der Waals surface area contributed by atoms with Gasteiger partial charge in [0.15, 0.2) is 11.7 Å². The highest BCUT2D eigenvalue weighted by Crippen LogP contribution is 2.34. The summed E-state index contributed by atoms with van der Waals surface area (Å²) in [5, 5.41) is 5.55. The predicted octanol–water partition coefficient (Wildman–Crippen LogP) is 3.68. The van der Waals surface area contributed by atoms with E-state index in [9.17, 15) is 18.0 Å². The first-order chi connectivity index (χ1) is 16.3. The molecular weight excluding hydrogens is 455 g/mol. The Balaban J connectivity index is 1.38. The van der Waals surface area contributed by atoms with Crippen molar-refractivity contribution in [3.05, 3.63) is 23.9 Å². The van der Waals surface area contributed by atoms with Crippen molar-refractivity contribution in [2.24, 2.45) is 0 Å². The summed E-state index contributed by atoms with van der Waals surface area (Å²) in [5.74, 6) is 0.763. The number of nitrogens with one attached hydrogen (secondary N) is 2. The van der Waals surface area contributed by atoms with Crippen LogP contribution in [0.3, 0.4) is 0 Å². The molecule has 2 aromatic heterocycles. The Morgan fingerprint density at radius 3 is 2.74 bits per heavy atom. The van der Waals surface area contributed by atoms with Crippen LogP contribution in [-0.4, -0.2) is 77.2 Å². The SMILES string of the molecule is CN1CCC(c2nc(Nc3ncc(C(F)(F)F)c(NCCCN4CCCOC4=O)n3)co2)CC1. The van der Waals surface area contributed by atoms with Crippen LogP contribution in [0.15, 0.2) is 16.9 Å². The van der Waals surface area contributed by atoms with E-state index in [0.29, 0.717) is 37.8 Å². The maximum Gasteiger partial charge on any atom is 0.421 e. The first-order valence-corrected chi connectivity index (χ1v) is 11.3. The molecule has 186 valence electrons. The molecule has 2 aliphatic heterocycles. The van der Waals surface area contributed by atoms with Gasteiger partial charge in [-0.3, -0.25) is 0 Å². The molecule has 34 heavy (non-hydrogen) atoms. The van der Waals surface area contributed by atoms with E-state index in [4.69, 9.17) is 9.15 Å². The summed E-state index contributed by atoms with van der Waals surface area (Å²) in [7, 11) is 2.06. The Morgan fingerprint density at radius 1 is 1.21 bits per heavy atom. The minimum atomic E-state index is -4.62. The van der Waals surface area contributed by atoms with Crippen molar-refractivity contribution in [2.45, 2.75) is 37.8 Å². The predicted molar refractivity (Wildman–Crippen MR) is 117 cm³/mol. The first-order valence-electron chi connectivity index (χ1n) is 11.3. The van der Waals surface area contributed by atoms with Gasteiger partial charge in [0.25, 0.3) is 0 Å². The molecule has 0 saturated carbocycles. The Morgan fingerprint density at radius 2 is 2.00 bits per heavy atom. The van der Waals surface area contributed by atoms with Crippen LogP contribution >= 0.6 is 0 Å². The quantitative estimate of drug-likeness (QED) is 0.544. The number of amides is 1. The standard InChI is InChI=1S/C21H28F3N7O3/c1-30-9-4-14(5-10-30)18-27-16(13-34-18)28-19-26-12-15(21(22,23)24)17(29-19)25-6-2-7-31-8-3-11-33-20(31)32/h12-14H,2-11H2,1H3,(H2,25,26,28,29). The molecule has 2 N–H and O–H groups in total. The van der Waals surface area contributed by atoms with Crippen molar-refractivity contribution in [1.29, 1.82) is 0 Å². The van der Waals surface area contributed by atoms with Crippen LogP contribution in [0.2, 0.25) is 0 Å². The zero-order chi connectivity index (χ0) is 24.1. The van der Waals surface area contributed by atoms with Gasteiger partial charge in [-0.25, -0.2) is 9.78 Å². The molecule has 0 unspecified atom stereocenters. The number of anilines is 3. The molecule has 0 bridgehead atoms. The topological polar surface area (TPSA) is 109 Å². The largest absolute Gasteiger partial charge is 0.449 e. The highest BCUT2D eigenvalue weighted by molar-refractivity contribution is 5.68. The van der Waals surface area contributed by atoms with Gasteiger partial charge in [0.2, 0.25) is 5.95 Å². The minimum Gasteiger partial charge on any atom is -0.449 e. The second-order valence-electron chi connectivity index (χ2n) is 8.46. The van der Waals surface area contributed by atoms with E-state index in [0.717, 1.165) is 38.5 Å². The Bertz CT molecular complexity index is 977. The third-order valence-electron chi connectivity index (χ3n) is 5.88. The molecule has 10 nitrogen and oxygen atoms in total. The molecule has 0 radical (unpaired) electrons. The number of ether oxygens (including phenoxy) is 1. The minimum absolute atomic E-state index is 0.0293. The summed E-state index contributed by atoms with van der Waals surface area (Å²) in [5.41, 5.74) is -0.970. The van der Waals surface area contributed by atoms with E-state index in [1.165, 1.54) is 11.2 Å². The third kappa shape index (κ3) is 6.07. The Labute approximate surface area is 194 Å². The fourth-order valence-corrected chi connectivity index (χ4v) is 3.96. The molecule has 0 aromatic carbocycles. The van der Waals surface area contributed by atoms with Gasteiger partial charge in [0.05, 0.1) is 6.61 Å². The zero-order valence-electron chi connectivity index (χ0n) is 18.9. The van der Waals surface area contributed by atoms with Crippen molar-refractivity contribution in [3.63, 3.8) is 0 Å². The highest BCUT2D eigenvalue weighted by Gasteiger charge is 2.35. The van der Waals surface area contributed by atoms with E-state index in [1.54, 1.807) is 0 Å². The third-order valence-corrected chi connectivity index (χ3v) is 5.88. The van der Waals surface area contributed by atoms with Crippen LogP contribution in [0, 0.1) is 0 Å². The molecule has 2 fully saturated rings. The molecule has 0 spiro atoms. The van der Waals surface area contributed by atoms with Gasteiger partial charge in [-0.15, -0.1) is 0 Å². The molecule has 4 heterocycles. The number of aromatic nitrogens is 3. The van der Waals surface area contributed by atoms with Gasteiger partial charge in [0.1, 0.15) is 17.6 Å². The van der Waals surface area contributed by atoms with E-state index < -0.39 is 17.8 Å². The van der Waals surface area contributed by atoms with Crippen LogP contribution in [0.5, 0.6) is 0 Å². The van der Waals surface area contributed by atoms with Crippen molar-refractivity contribution in [2.75, 3.05) is 57.0 Å². The second kappa shape index (κ2) is 10.5. The highest BCUT2D eigenvalue weighted by atomic mass is 19.4. The lowest BCUT2D eigenvalue weighted by Crippen LogP contribution is -2.38. The number of nitrogens with zero attached hydrogens (tertiary/aromatic N) is 5. The fraction of sp³-hybridized carbons (Fsp3) is 0.619. The van der Waals surface area contributed by atoms with Crippen LogP contribution in [0.1, 0.15) is 43.1 Å². The normalized spacial score (nSPS) is 18.1. The van der Waals surface area contributed by atoms with Crippen LogP contribution in [-0.2, 0) is 10.9 Å². The molecule has 2 aliphatic rings. The van der Waals surface area contributed by atoms with Gasteiger partial charge in [-0.2, -0.15) is 23.1 Å². The number of oxazole rings is 1. The van der Waals surface area contributed by atoms with Gasteiger partial charge in [-0.1, -0.05) is 0 Å². The summed E-state index contributed by atoms with van der Waals surface area (Å²) in [6, 6.07) is 0. The lowest BCUT2D eigenvalue weighted by Gasteiger charge is -2.26. The van der Waals surface area contributed by atoms with E-state index >= 15 is 0 Å². The number of piperidine rings is 1. The zero-order valence-corrected chi connectivity index (χ0v) is 18.9. The second-order valence-corrected chi connectivity index (χ2v) is 8.46. The number of rotatable bonds is 8. The summed E-state index contributed by atoms with van der Waals surface area (Å²) >= 11 is 0. The number of carbonyl (C=O) groups is 1. The Kier molecular flexibility index (Phi) is 7.39. The number of halogens is 3. The van der Waals surface area contributed by atoms with E-state index in [2.05, 4.69) is 37.5 Å². The summed E-state index contributed by atoms with van der Waals surface area (Å²) < 4.78 is 50.9. The summed E-state index contributed by atoms with van der Waals surface area (Å²) in [6.07, 6.45) is 0.155. The van der Waals surface area contributed by atoms with Gasteiger partial charge < -0.3 is 29.6 Å². The molecule has 0 aliphatic carbocycles. The van der Waals surface area contributed by atoms with Gasteiger partial charge in [-0.05, 0) is 45.8 Å². The van der Waals surface area contributed by atoms with Crippen molar-refractivity contribution < 1.29 is 27.1 Å². The number of cyclic esters (lactones) is 1. The number of likely N-dealkylation sites (tertiary alicyclic amines) is 1. The lowest BCUT2D eigenvalue weighted by atomic mass is 9.97. The van der Waals surface area contributed by atoms with Crippen molar-refractivity contribution in [3.8, 4) is 0 Å². The average Bonchev–Trinajstić information content (AvgIpc) is 3.26. The molecule has 0 atom stereocenters. The van der Waals surface area contributed by atoms with E-state index in [1.807, 2.05) is 0 Å². The van der Waals surface area contributed by atoms with Crippen LogP contribution in [0.25, 0.3) is 0 Å². The number of carbonyl (C=O) groups excluding carboxylic acids is 1. The average molecular weight is 483 g/mol. The fourth-order valence-electron chi connectivity index (χ4n) is 3.96. The molecule has 2 aromatic rings. The Hall–Kier alpha value is -3.09. The molecular formula is C21H28F3N7O3. The van der Waals surface area contributed by atoms with Crippen LogP contribution < -0.4 is 10.6 Å². The van der Waals surface area contributed by atoms with Gasteiger partial charge in [0, 0.05) is 31.7 Å². The summed E-state index contributed by atoms with van der Waals surface area (Å²) in [4.78, 5) is 27.7. The first kappa shape index (κ1) is 24.0. The maximum absolute atomic E-state index is 13.5. The number of alkyl halides is 3. The monoisotopic (exact) mass is 483 g/mol. The molecule has 4 rings (SSSR count). The number of hydrogen-bond acceptors (Lipinski definition) is 9. The van der Waals surface area contributed by atoms with Crippen molar-refractivity contribution >= 4 is 23.7 Å².